The zero-order valence-corrected chi connectivity index (χ0v) is 15.6. The minimum atomic E-state index is -0.485. The minimum absolute atomic E-state index is 0.0378. The van der Waals surface area contributed by atoms with Crippen LogP contribution in [-0.4, -0.2) is 66.8 Å². The van der Waals surface area contributed by atoms with Gasteiger partial charge in [-0.25, -0.2) is 4.39 Å². The molecule has 2 aromatic rings. The van der Waals surface area contributed by atoms with Crippen LogP contribution >= 0.6 is 0 Å². The smallest absolute Gasteiger partial charge is 0.257 e. The molecule has 27 heavy (non-hydrogen) atoms. The molecular formula is C20H24FN3O3. The number of nitrogens with zero attached hydrogens (tertiary/aromatic N) is 3. The molecular weight excluding hydrogens is 349 g/mol. The molecule has 144 valence electrons. The van der Waals surface area contributed by atoms with Crippen molar-refractivity contribution in [3.8, 4) is 0 Å². The second-order valence-corrected chi connectivity index (χ2v) is 6.90. The molecule has 1 aromatic carbocycles. The summed E-state index contributed by atoms with van der Waals surface area (Å²) in [6.45, 7) is 2.11. The zero-order chi connectivity index (χ0) is 19.4. The van der Waals surface area contributed by atoms with Gasteiger partial charge in [0.25, 0.3) is 5.91 Å². The zero-order valence-electron chi connectivity index (χ0n) is 15.6. The summed E-state index contributed by atoms with van der Waals surface area (Å²) < 4.78 is 18.2. The van der Waals surface area contributed by atoms with Crippen molar-refractivity contribution < 1.29 is 18.4 Å². The molecule has 7 heteroatoms. The normalized spacial score (nSPS) is 16.3. The first-order chi connectivity index (χ1) is 13.0. The Labute approximate surface area is 158 Å². The average Bonchev–Trinajstić information content (AvgIpc) is 3.07. The molecule has 1 saturated heterocycles. The number of likely N-dealkylation sites (N-methyl/N-ethyl adjacent to an activating group) is 1. The van der Waals surface area contributed by atoms with Crippen LogP contribution in [0.15, 0.2) is 47.3 Å². The van der Waals surface area contributed by atoms with Gasteiger partial charge in [0, 0.05) is 26.2 Å². The lowest BCUT2D eigenvalue weighted by molar-refractivity contribution is -0.136. The van der Waals surface area contributed by atoms with Crippen molar-refractivity contribution in [1.82, 2.24) is 14.7 Å². The summed E-state index contributed by atoms with van der Waals surface area (Å²) >= 11 is 0. The van der Waals surface area contributed by atoms with E-state index in [0.29, 0.717) is 38.2 Å². The van der Waals surface area contributed by atoms with Crippen molar-refractivity contribution in [3.63, 3.8) is 0 Å². The van der Waals surface area contributed by atoms with Crippen LogP contribution in [-0.2, 0) is 4.79 Å². The fourth-order valence-corrected chi connectivity index (χ4v) is 3.39. The number of carbonyl (C=O) groups excluding carboxylic acids is 2. The highest BCUT2D eigenvalue weighted by Crippen LogP contribution is 2.22. The van der Waals surface area contributed by atoms with Crippen LogP contribution in [0, 0.1) is 5.82 Å². The Morgan fingerprint density at radius 1 is 1.04 bits per heavy atom. The molecule has 0 spiro atoms. The largest absolute Gasteiger partial charge is 0.472 e. The van der Waals surface area contributed by atoms with E-state index < -0.39 is 6.04 Å². The summed E-state index contributed by atoms with van der Waals surface area (Å²) in [6, 6.07) is 7.18. The van der Waals surface area contributed by atoms with E-state index in [0.717, 1.165) is 5.56 Å². The van der Waals surface area contributed by atoms with Gasteiger partial charge in [0.1, 0.15) is 18.1 Å². The van der Waals surface area contributed by atoms with Crippen molar-refractivity contribution in [2.75, 3.05) is 40.3 Å². The Kier molecular flexibility index (Phi) is 5.91. The van der Waals surface area contributed by atoms with Gasteiger partial charge >= 0.3 is 0 Å². The standard InChI is InChI=1S/C20H24FN3O3/c1-22(2)18(15-4-6-17(21)7-5-15)20(26)24-10-3-9-23(11-12-24)19(25)16-8-13-27-14-16/h4-8,13-14,18H,3,9-12H2,1-2H3/t18-/m1/s1. The van der Waals surface area contributed by atoms with E-state index in [4.69, 9.17) is 4.42 Å². The van der Waals surface area contributed by atoms with E-state index in [9.17, 15) is 14.0 Å². The van der Waals surface area contributed by atoms with Crippen molar-refractivity contribution in [2.45, 2.75) is 12.5 Å². The van der Waals surface area contributed by atoms with E-state index in [1.807, 2.05) is 19.0 Å². The molecule has 0 N–H and O–H groups in total. The Bertz CT molecular complexity index is 774. The third kappa shape index (κ3) is 4.36. The number of amides is 2. The first kappa shape index (κ1) is 19.1. The summed E-state index contributed by atoms with van der Waals surface area (Å²) in [4.78, 5) is 31.0. The van der Waals surface area contributed by atoms with E-state index in [-0.39, 0.29) is 17.6 Å². The summed E-state index contributed by atoms with van der Waals surface area (Å²) in [5, 5.41) is 0. The summed E-state index contributed by atoms with van der Waals surface area (Å²) in [5.74, 6) is -0.447. The monoisotopic (exact) mass is 373 g/mol. The molecule has 0 aliphatic carbocycles. The fourth-order valence-electron chi connectivity index (χ4n) is 3.39. The summed E-state index contributed by atoms with van der Waals surface area (Å²) in [6.07, 6.45) is 3.62. The number of rotatable bonds is 4. The van der Waals surface area contributed by atoms with Gasteiger partial charge in [-0.05, 0) is 44.3 Å². The summed E-state index contributed by atoms with van der Waals surface area (Å²) in [7, 11) is 3.66. The van der Waals surface area contributed by atoms with E-state index in [2.05, 4.69) is 0 Å². The SMILES string of the molecule is CN(C)[C@@H](C(=O)N1CCCN(C(=O)c2ccoc2)CC1)c1ccc(F)cc1. The maximum absolute atomic E-state index is 13.2. The lowest BCUT2D eigenvalue weighted by atomic mass is 10.0. The molecule has 1 atom stereocenters. The lowest BCUT2D eigenvalue weighted by Gasteiger charge is -2.30. The Balaban J connectivity index is 1.70. The van der Waals surface area contributed by atoms with E-state index >= 15 is 0 Å². The lowest BCUT2D eigenvalue weighted by Crippen LogP contribution is -2.42. The molecule has 6 nitrogen and oxygen atoms in total. The number of halogens is 1. The van der Waals surface area contributed by atoms with Gasteiger partial charge < -0.3 is 14.2 Å². The van der Waals surface area contributed by atoms with E-state index in [1.165, 1.54) is 24.7 Å². The topological polar surface area (TPSA) is 57.0 Å². The molecule has 3 rings (SSSR count). The molecule has 2 heterocycles. The molecule has 2 amide bonds. The Hall–Kier alpha value is -2.67. The van der Waals surface area contributed by atoms with Crippen LogP contribution in [0.25, 0.3) is 0 Å². The molecule has 0 unspecified atom stereocenters. The van der Waals surface area contributed by atoms with E-state index in [1.54, 1.807) is 28.0 Å². The van der Waals surface area contributed by atoms with Crippen LogP contribution < -0.4 is 0 Å². The van der Waals surface area contributed by atoms with Gasteiger partial charge in [-0.1, -0.05) is 12.1 Å². The van der Waals surface area contributed by atoms with Crippen LogP contribution in [0.3, 0.4) is 0 Å². The first-order valence-electron chi connectivity index (χ1n) is 8.99. The predicted molar refractivity (Wildman–Crippen MR) is 98.6 cm³/mol. The maximum Gasteiger partial charge on any atom is 0.257 e. The van der Waals surface area contributed by atoms with Crippen molar-refractivity contribution >= 4 is 11.8 Å². The number of hydrogen-bond donors (Lipinski definition) is 0. The predicted octanol–water partition coefficient (Wildman–Crippen LogP) is 2.40. The van der Waals surface area contributed by atoms with Gasteiger partial charge in [-0.2, -0.15) is 0 Å². The number of carbonyl (C=O) groups is 2. The van der Waals surface area contributed by atoms with Gasteiger partial charge in [0.2, 0.25) is 5.91 Å². The van der Waals surface area contributed by atoms with Gasteiger partial charge in [0.15, 0.2) is 0 Å². The van der Waals surface area contributed by atoms with Crippen molar-refractivity contribution in [3.05, 3.63) is 59.8 Å². The molecule has 0 radical (unpaired) electrons. The summed E-state index contributed by atoms with van der Waals surface area (Å²) in [5.41, 5.74) is 1.27. The highest BCUT2D eigenvalue weighted by molar-refractivity contribution is 5.94. The molecule has 1 aromatic heterocycles. The highest BCUT2D eigenvalue weighted by Gasteiger charge is 2.30. The molecule has 0 bridgehead atoms. The third-order valence-corrected chi connectivity index (χ3v) is 4.80. The van der Waals surface area contributed by atoms with Crippen molar-refractivity contribution in [1.29, 1.82) is 0 Å². The quantitative estimate of drug-likeness (QED) is 0.826. The maximum atomic E-state index is 13.2. The first-order valence-corrected chi connectivity index (χ1v) is 8.99. The molecule has 1 fully saturated rings. The number of benzene rings is 1. The molecule has 1 aliphatic rings. The average molecular weight is 373 g/mol. The third-order valence-electron chi connectivity index (χ3n) is 4.80. The van der Waals surface area contributed by atoms with Gasteiger partial charge in [0.05, 0.1) is 11.8 Å². The Morgan fingerprint density at radius 2 is 1.70 bits per heavy atom. The van der Waals surface area contributed by atoms with Crippen LogP contribution in [0.5, 0.6) is 0 Å². The number of furan rings is 1. The second kappa shape index (κ2) is 8.35. The Morgan fingerprint density at radius 3 is 2.33 bits per heavy atom. The van der Waals surface area contributed by atoms with Crippen molar-refractivity contribution in [2.24, 2.45) is 0 Å². The van der Waals surface area contributed by atoms with Crippen LogP contribution in [0.4, 0.5) is 4.39 Å². The fraction of sp³-hybridized carbons (Fsp3) is 0.400. The minimum Gasteiger partial charge on any atom is -0.472 e. The van der Waals surface area contributed by atoms with Gasteiger partial charge in [-0.3, -0.25) is 14.5 Å². The van der Waals surface area contributed by atoms with Gasteiger partial charge in [-0.15, -0.1) is 0 Å². The molecule has 0 saturated carbocycles. The van der Waals surface area contributed by atoms with Crippen LogP contribution in [0.2, 0.25) is 0 Å². The second-order valence-electron chi connectivity index (χ2n) is 6.90. The van der Waals surface area contributed by atoms with Crippen LogP contribution in [0.1, 0.15) is 28.4 Å². The number of hydrogen-bond acceptors (Lipinski definition) is 4. The molecule has 1 aliphatic heterocycles. The highest BCUT2D eigenvalue weighted by atomic mass is 19.1.